The van der Waals surface area contributed by atoms with Gasteiger partial charge in [0.1, 0.15) is 5.69 Å². The Labute approximate surface area is 119 Å². The molecule has 2 rings (SSSR count). The summed E-state index contributed by atoms with van der Waals surface area (Å²) in [6.45, 7) is 4.88. The summed E-state index contributed by atoms with van der Waals surface area (Å²) in [6.07, 6.45) is 0. The lowest BCUT2D eigenvalue weighted by Crippen LogP contribution is -2.18. The minimum atomic E-state index is -0.344. The van der Waals surface area contributed by atoms with E-state index in [-0.39, 0.29) is 12.0 Å². The average Bonchev–Trinajstić information content (AvgIpc) is 2.92. The molecular formula is C16H20N2O2. The molecule has 1 aromatic carbocycles. The lowest BCUT2D eigenvalue weighted by molar-refractivity contribution is 0.0594. The van der Waals surface area contributed by atoms with Crippen molar-refractivity contribution in [3.8, 4) is 0 Å². The minimum Gasteiger partial charge on any atom is -0.464 e. The number of H-pyrrole nitrogens is 1. The van der Waals surface area contributed by atoms with Crippen molar-refractivity contribution >= 4 is 5.97 Å². The molecule has 0 unspecified atom stereocenters. The van der Waals surface area contributed by atoms with Gasteiger partial charge in [-0.1, -0.05) is 29.8 Å². The highest BCUT2D eigenvalue weighted by Gasteiger charge is 2.09. The van der Waals surface area contributed by atoms with Crippen molar-refractivity contribution in [1.29, 1.82) is 0 Å². The van der Waals surface area contributed by atoms with Crippen molar-refractivity contribution in [3.63, 3.8) is 0 Å². The largest absolute Gasteiger partial charge is 0.464 e. The molecule has 20 heavy (non-hydrogen) atoms. The van der Waals surface area contributed by atoms with E-state index in [9.17, 15) is 4.79 Å². The van der Waals surface area contributed by atoms with E-state index in [0.29, 0.717) is 12.2 Å². The Morgan fingerprint density at radius 2 is 2.15 bits per heavy atom. The molecule has 4 nitrogen and oxygen atoms in total. The molecule has 0 saturated heterocycles. The van der Waals surface area contributed by atoms with Crippen molar-refractivity contribution < 1.29 is 9.53 Å². The number of rotatable bonds is 5. The van der Waals surface area contributed by atoms with E-state index < -0.39 is 0 Å². The third kappa shape index (κ3) is 3.48. The topological polar surface area (TPSA) is 54.1 Å². The van der Waals surface area contributed by atoms with Crippen LogP contribution in [-0.4, -0.2) is 18.1 Å². The van der Waals surface area contributed by atoms with E-state index in [4.69, 9.17) is 0 Å². The Balaban J connectivity index is 1.95. The lowest BCUT2D eigenvalue weighted by atomic mass is 10.1. The Morgan fingerprint density at radius 1 is 1.35 bits per heavy atom. The molecular weight excluding hydrogens is 252 g/mol. The molecule has 0 aliphatic heterocycles. The number of nitrogens with one attached hydrogen (secondary N) is 2. The Kier molecular flexibility index (Phi) is 4.58. The van der Waals surface area contributed by atoms with Crippen LogP contribution in [0.15, 0.2) is 36.4 Å². The maximum Gasteiger partial charge on any atom is 0.354 e. The molecule has 1 heterocycles. The van der Waals surface area contributed by atoms with Gasteiger partial charge in [-0.25, -0.2) is 4.79 Å². The summed E-state index contributed by atoms with van der Waals surface area (Å²) < 4.78 is 4.67. The van der Waals surface area contributed by atoms with Crippen LogP contribution in [-0.2, 0) is 11.3 Å². The molecule has 106 valence electrons. The van der Waals surface area contributed by atoms with Crippen LogP contribution in [0.3, 0.4) is 0 Å². The predicted molar refractivity (Wildman–Crippen MR) is 78.6 cm³/mol. The molecule has 0 spiro atoms. The van der Waals surface area contributed by atoms with Crippen molar-refractivity contribution in [2.24, 2.45) is 0 Å². The maximum atomic E-state index is 11.3. The van der Waals surface area contributed by atoms with Crippen LogP contribution in [0.25, 0.3) is 0 Å². The van der Waals surface area contributed by atoms with E-state index in [1.54, 1.807) is 6.07 Å². The molecule has 0 aliphatic carbocycles. The van der Waals surface area contributed by atoms with Crippen LogP contribution >= 0.6 is 0 Å². The van der Waals surface area contributed by atoms with Crippen molar-refractivity contribution in [2.45, 2.75) is 26.4 Å². The highest BCUT2D eigenvalue weighted by Crippen LogP contribution is 2.14. The summed E-state index contributed by atoms with van der Waals surface area (Å²) >= 11 is 0. The second kappa shape index (κ2) is 6.39. The fraction of sp³-hybridized carbons (Fsp3) is 0.312. The van der Waals surface area contributed by atoms with Gasteiger partial charge in [-0.05, 0) is 31.5 Å². The van der Waals surface area contributed by atoms with E-state index in [0.717, 1.165) is 5.69 Å². The predicted octanol–water partition coefficient (Wildman–Crippen LogP) is 2.96. The van der Waals surface area contributed by atoms with Gasteiger partial charge in [0.2, 0.25) is 0 Å². The summed E-state index contributed by atoms with van der Waals surface area (Å²) in [5, 5.41) is 3.43. The number of esters is 1. The molecule has 0 aliphatic rings. The third-order valence-electron chi connectivity index (χ3n) is 3.29. The minimum absolute atomic E-state index is 0.250. The monoisotopic (exact) mass is 272 g/mol. The normalized spacial score (nSPS) is 12.2. The Morgan fingerprint density at radius 3 is 2.85 bits per heavy atom. The fourth-order valence-electron chi connectivity index (χ4n) is 2.09. The number of aromatic nitrogens is 1. The van der Waals surface area contributed by atoms with E-state index >= 15 is 0 Å². The molecule has 1 atom stereocenters. The quantitative estimate of drug-likeness (QED) is 0.823. The summed E-state index contributed by atoms with van der Waals surface area (Å²) in [4.78, 5) is 14.4. The molecule has 0 bridgehead atoms. The van der Waals surface area contributed by atoms with E-state index in [1.165, 1.54) is 18.2 Å². The third-order valence-corrected chi connectivity index (χ3v) is 3.29. The van der Waals surface area contributed by atoms with Gasteiger partial charge in [0, 0.05) is 18.3 Å². The summed E-state index contributed by atoms with van der Waals surface area (Å²) in [6, 6.07) is 12.3. The van der Waals surface area contributed by atoms with Crippen molar-refractivity contribution in [1.82, 2.24) is 10.3 Å². The molecule has 0 fully saturated rings. The zero-order valence-electron chi connectivity index (χ0n) is 12.1. The van der Waals surface area contributed by atoms with Crippen LogP contribution in [0.5, 0.6) is 0 Å². The number of carbonyl (C=O) groups is 1. The van der Waals surface area contributed by atoms with Gasteiger partial charge in [0.05, 0.1) is 7.11 Å². The van der Waals surface area contributed by atoms with E-state index in [2.05, 4.69) is 53.2 Å². The van der Waals surface area contributed by atoms with Crippen LogP contribution in [0.2, 0.25) is 0 Å². The van der Waals surface area contributed by atoms with Crippen molar-refractivity contribution in [2.75, 3.05) is 7.11 Å². The molecule has 0 saturated carbocycles. The molecule has 1 aromatic heterocycles. The molecule has 2 N–H and O–H groups in total. The van der Waals surface area contributed by atoms with Crippen LogP contribution in [0.1, 0.15) is 40.3 Å². The number of benzene rings is 1. The summed E-state index contributed by atoms with van der Waals surface area (Å²) in [5.41, 5.74) is 3.95. The van der Waals surface area contributed by atoms with Gasteiger partial charge >= 0.3 is 5.97 Å². The number of ether oxygens (including phenoxy) is 1. The Bertz CT molecular complexity index is 590. The molecule has 2 aromatic rings. The second-order valence-corrected chi connectivity index (χ2v) is 4.91. The average molecular weight is 272 g/mol. The van der Waals surface area contributed by atoms with Crippen molar-refractivity contribution in [3.05, 3.63) is 58.9 Å². The highest BCUT2D eigenvalue weighted by molar-refractivity contribution is 5.87. The first-order chi connectivity index (χ1) is 9.60. The number of hydrogen-bond donors (Lipinski definition) is 2. The number of aromatic amines is 1. The Hall–Kier alpha value is -2.07. The summed E-state index contributed by atoms with van der Waals surface area (Å²) in [7, 11) is 1.38. The highest BCUT2D eigenvalue weighted by atomic mass is 16.5. The summed E-state index contributed by atoms with van der Waals surface area (Å²) in [5.74, 6) is -0.344. The molecule has 4 heteroatoms. The molecule has 0 amide bonds. The van der Waals surface area contributed by atoms with Gasteiger partial charge in [-0.2, -0.15) is 0 Å². The first-order valence-corrected chi connectivity index (χ1v) is 6.66. The number of aryl methyl sites for hydroxylation is 1. The van der Waals surface area contributed by atoms with E-state index in [1.807, 2.05) is 6.07 Å². The van der Waals surface area contributed by atoms with Gasteiger partial charge < -0.3 is 15.0 Å². The number of carbonyl (C=O) groups excluding carboxylic acids is 1. The standard InChI is InChI=1S/C16H20N2O2/c1-11-5-4-6-13(9-11)12(2)17-10-14-7-8-15(18-14)16(19)20-3/h4-9,12,17-18H,10H2,1-3H3/t12-/m1/s1. The molecule has 0 radical (unpaired) electrons. The number of methoxy groups -OCH3 is 1. The van der Waals surface area contributed by atoms with Crippen LogP contribution in [0.4, 0.5) is 0 Å². The van der Waals surface area contributed by atoms with Crippen LogP contribution in [0, 0.1) is 6.92 Å². The van der Waals surface area contributed by atoms with Gasteiger partial charge in [-0.3, -0.25) is 0 Å². The zero-order chi connectivity index (χ0) is 14.5. The smallest absolute Gasteiger partial charge is 0.354 e. The second-order valence-electron chi connectivity index (χ2n) is 4.91. The van der Waals surface area contributed by atoms with Gasteiger partial charge in [-0.15, -0.1) is 0 Å². The zero-order valence-corrected chi connectivity index (χ0v) is 12.1. The van der Waals surface area contributed by atoms with Crippen LogP contribution < -0.4 is 5.32 Å². The first-order valence-electron chi connectivity index (χ1n) is 6.66. The lowest BCUT2D eigenvalue weighted by Gasteiger charge is -2.14. The van der Waals surface area contributed by atoms with Gasteiger partial charge in [0.25, 0.3) is 0 Å². The first kappa shape index (κ1) is 14.3. The SMILES string of the molecule is COC(=O)c1ccc(CN[C@H](C)c2cccc(C)c2)[nH]1. The van der Waals surface area contributed by atoms with Gasteiger partial charge in [0.15, 0.2) is 0 Å². The fourth-order valence-corrected chi connectivity index (χ4v) is 2.09. The number of hydrogen-bond acceptors (Lipinski definition) is 3. The maximum absolute atomic E-state index is 11.3.